The number of nitrogens with zero attached hydrogens (tertiary/aromatic N) is 3. The van der Waals surface area contributed by atoms with Gasteiger partial charge in [0.25, 0.3) is 0 Å². The number of hydrogen-bond acceptors (Lipinski definition) is 5. The second-order valence-corrected chi connectivity index (χ2v) is 10.1. The van der Waals surface area contributed by atoms with Gasteiger partial charge in [0.15, 0.2) is 0 Å². The van der Waals surface area contributed by atoms with Gasteiger partial charge >= 0.3 is 12.1 Å². The number of aliphatic carboxylic acids is 1. The molecule has 3 heterocycles. The van der Waals surface area contributed by atoms with E-state index in [2.05, 4.69) is 41.6 Å². The monoisotopic (exact) mass is 479 g/mol. The molecule has 186 valence electrons. The molecule has 0 saturated carbocycles. The SMILES string of the molecule is COc1ccc2c(CN3CCC4(CC3)CN(C3=CC=C(C(=O)O)CC3)C(=O)O4)cn(C(C)C)c2c1. The van der Waals surface area contributed by atoms with Crippen molar-refractivity contribution in [3.63, 3.8) is 0 Å². The highest BCUT2D eigenvalue weighted by Gasteiger charge is 2.48. The predicted molar refractivity (Wildman–Crippen MR) is 132 cm³/mol. The fourth-order valence-electron chi connectivity index (χ4n) is 5.48. The third-order valence-electron chi connectivity index (χ3n) is 7.56. The Bertz CT molecular complexity index is 1220. The standard InChI is InChI=1S/C27H33N3O5/c1-18(2)29-16-20(23-9-8-22(34-3)14-24(23)29)15-28-12-10-27(11-13-28)17-30(26(33)35-27)21-6-4-19(5-7-21)25(31)32/h4,6,8-9,14,16,18H,5,7,10-13,15,17H2,1-3H3,(H,31,32). The number of ether oxygens (including phenoxy) is 2. The lowest BCUT2D eigenvalue weighted by atomic mass is 9.90. The minimum absolute atomic E-state index is 0.314. The van der Waals surface area contributed by atoms with Crippen LogP contribution in [0.15, 0.2) is 47.8 Å². The van der Waals surface area contributed by atoms with Gasteiger partial charge in [-0.3, -0.25) is 9.80 Å². The molecule has 2 aliphatic heterocycles. The molecule has 3 aliphatic rings. The highest BCUT2D eigenvalue weighted by molar-refractivity contribution is 5.87. The topological polar surface area (TPSA) is 84.2 Å². The number of allylic oxidation sites excluding steroid dienone is 3. The van der Waals surface area contributed by atoms with Gasteiger partial charge < -0.3 is 19.1 Å². The van der Waals surface area contributed by atoms with Crippen LogP contribution in [0.3, 0.4) is 0 Å². The van der Waals surface area contributed by atoms with Crippen LogP contribution < -0.4 is 4.74 Å². The fourth-order valence-corrected chi connectivity index (χ4v) is 5.48. The summed E-state index contributed by atoms with van der Waals surface area (Å²) in [6.07, 6.45) is 7.84. The molecule has 1 amide bonds. The molecule has 35 heavy (non-hydrogen) atoms. The predicted octanol–water partition coefficient (Wildman–Crippen LogP) is 4.71. The van der Waals surface area contributed by atoms with E-state index in [0.29, 0.717) is 31.0 Å². The van der Waals surface area contributed by atoms with E-state index in [1.165, 1.54) is 16.5 Å². The molecule has 1 N–H and O–H groups in total. The molecule has 1 aromatic carbocycles. The molecule has 0 bridgehead atoms. The van der Waals surface area contributed by atoms with Crippen LogP contribution in [0.25, 0.3) is 10.9 Å². The number of fused-ring (bicyclic) bond motifs is 1. The summed E-state index contributed by atoms with van der Waals surface area (Å²) in [5, 5.41) is 10.4. The van der Waals surface area contributed by atoms with Gasteiger partial charge in [0, 0.05) is 67.4 Å². The minimum Gasteiger partial charge on any atom is -0.497 e. The maximum Gasteiger partial charge on any atom is 0.414 e. The normalized spacial score (nSPS) is 20.3. The number of carbonyl (C=O) groups excluding carboxylic acids is 1. The Labute approximate surface area is 205 Å². The van der Waals surface area contributed by atoms with Crippen molar-refractivity contribution in [1.29, 1.82) is 0 Å². The number of aromatic nitrogens is 1. The van der Waals surface area contributed by atoms with Gasteiger partial charge in [-0.25, -0.2) is 9.59 Å². The maximum atomic E-state index is 12.7. The molecule has 1 aliphatic carbocycles. The number of benzene rings is 1. The first-order chi connectivity index (χ1) is 16.8. The maximum absolute atomic E-state index is 12.7. The van der Waals surface area contributed by atoms with Crippen molar-refractivity contribution in [2.24, 2.45) is 0 Å². The van der Waals surface area contributed by atoms with Crippen LogP contribution in [0.4, 0.5) is 4.79 Å². The lowest BCUT2D eigenvalue weighted by Gasteiger charge is -2.37. The summed E-state index contributed by atoms with van der Waals surface area (Å²) in [6.45, 7) is 7.47. The number of piperidine rings is 1. The Kier molecular flexibility index (Phi) is 6.09. The molecule has 2 fully saturated rings. The Morgan fingerprint density at radius 2 is 1.97 bits per heavy atom. The van der Waals surface area contributed by atoms with E-state index in [4.69, 9.17) is 14.6 Å². The first-order valence-corrected chi connectivity index (χ1v) is 12.3. The number of carbonyl (C=O) groups is 2. The summed E-state index contributed by atoms with van der Waals surface area (Å²) in [6, 6.07) is 6.61. The average Bonchev–Trinajstić information content (AvgIpc) is 3.37. The van der Waals surface area contributed by atoms with Gasteiger partial charge in [0.05, 0.1) is 19.2 Å². The van der Waals surface area contributed by atoms with Crippen LogP contribution in [0.1, 0.15) is 51.1 Å². The van der Waals surface area contributed by atoms with Gasteiger partial charge in [-0.2, -0.15) is 0 Å². The van der Waals surface area contributed by atoms with Crippen molar-refractivity contribution in [3.05, 3.63) is 53.4 Å². The number of methoxy groups -OCH3 is 1. The van der Waals surface area contributed by atoms with Gasteiger partial charge in [-0.1, -0.05) is 6.08 Å². The quantitative estimate of drug-likeness (QED) is 0.646. The van der Waals surface area contributed by atoms with Crippen molar-refractivity contribution in [2.45, 2.75) is 57.7 Å². The zero-order valence-corrected chi connectivity index (χ0v) is 20.6. The van der Waals surface area contributed by atoms with Gasteiger partial charge in [-0.05, 0) is 50.5 Å². The summed E-state index contributed by atoms with van der Waals surface area (Å²) in [7, 11) is 1.69. The summed E-state index contributed by atoms with van der Waals surface area (Å²) in [4.78, 5) is 28.0. The first-order valence-electron chi connectivity index (χ1n) is 12.3. The molecule has 8 nitrogen and oxygen atoms in total. The van der Waals surface area contributed by atoms with Crippen LogP contribution in [0, 0.1) is 0 Å². The summed E-state index contributed by atoms with van der Waals surface area (Å²) in [5.41, 5.74) is 3.23. The molecule has 2 saturated heterocycles. The number of hydrogen-bond donors (Lipinski definition) is 1. The Morgan fingerprint density at radius 1 is 1.20 bits per heavy atom. The van der Waals surface area contributed by atoms with E-state index in [0.717, 1.165) is 43.9 Å². The highest BCUT2D eigenvalue weighted by atomic mass is 16.6. The van der Waals surface area contributed by atoms with Crippen LogP contribution in [0.2, 0.25) is 0 Å². The van der Waals surface area contributed by atoms with Gasteiger partial charge in [0.2, 0.25) is 0 Å². The second-order valence-electron chi connectivity index (χ2n) is 10.1. The Hall–Kier alpha value is -3.26. The van der Waals surface area contributed by atoms with Crippen molar-refractivity contribution >= 4 is 23.0 Å². The third kappa shape index (κ3) is 4.43. The fraction of sp³-hybridized carbons (Fsp3) is 0.481. The molecule has 5 rings (SSSR count). The lowest BCUT2D eigenvalue weighted by Crippen LogP contribution is -2.46. The highest BCUT2D eigenvalue weighted by Crippen LogP contribution is 2.38. The number of carboxylic acids is 1. The minimum atomic E-state index is -0.899. The zero-order chi connectivity index (χ0) is 24.7. The number of rotatable bonds is 6. The molecular weight excluding hydrogens is 446 g/mol. The lowest BCUT2D eigenvalue weighted by molar-refractivity contribution is -0.132. The van der Waals surface area contributed by atoms with Crippen molar-refractivity contribution in [3.8, 4) is 5.75 Å². The molecule has 2 aromatic rings. The van der Waals surface area contributed by atoms with E-state index < -0.39 is 11.6 Å². The van der Waals surface area contributed by atoms with E-state index in [1.54, 1.807) is 24.2 Å². The Balaban J connectivity index is 1.26. The largest absolute Gasteiger partial charge is 0.497 e. The molecular formula is C27H33N3O5. The number of amides is 1. The zero-order valence-electron chi connectivity index (χ0n) is 20.6. The number of carboxylic acid groups (broad SMARTS) is 1. The molecule has 0 unspecified atom stereocenters. The van der Waals surface area contributed by atoms with Crippen molar-refractivity contribution < 1.29 is 24.2 Å². The molecule has 1 spiro atoms. The van der Waals surface area contributed by atoms with Crippen molar-refractivity contribution in [2.75, 3.05) is 26.7 Å². The van der Waals surface area contributed by atoms with Gasteiger partial charge in [0.1, 0.15) is 11.4 Å². The molecule has 0 radical (unpaired) electrons. The van der Waals surface area contributed by atoms with Crippen LogP contribution in [-0.2, 0) is 16.1 Å². The first kappa shape index (κ1) is 23.5. The number of likely N-dealkylation sites (tertiary alicyclic amines) is 1. The molecule has 0 atom stereocenters. The van der Waals surface area contributed by atoms with E-state index in [9.17, 15) is 9.59 Å². The second kappa shape index (κ2) is 9.07. The van der Waals surface area contributed by atoms with Crippen LogP contribution in [0.5, 0.6) is 5.75 Å². The van der Waals surface area contributed by atoms with Crippen LogP contribution >= 0.6 is 0 Å². The summed E-state index contributed by atoms with van der Waals surface area (Å²) < 4.78 is 13.7. The molecule has 1 aromatic heterocycles. The van der Waals surface area contributed by atoms with E-state index in [1.807, 2.05) is 6.07 Å². The van der Waals surface area contributed by atoms with E-state index >= 15 is 0 Å². The van der Waals surface area contributed by atoms with Crippen molar-refractivity contribution in [1.82, 2.24) is 14.4 Å². The third-order valence-corrected chi connectivity index (χ3v) is 7.56. The summed E-state index contributed by atoms with van der Waals surface area (Å²) >= 11 is 0. The molecule has 8 heteroatoms. The summed E-state index contributed by atoms with van der Waals surface area (Å²) in [5.74, 6) is -0.0388. The smallest absolute Gasteiger partial charge is 0.414 e. The van der Waals surface area contributed by atoms with E-state index in [-0.39, 0.29) is 6.09 Å². The average molecular weight is 480 g/mol. The van der Waals surface area contributed by atoms with Crippen LogP contribution in [-0.4, -0.2) is 63.9 Å². The van der Waals surface area contributed by atoms with Gasteiger partial charge in [-0.15, -0.1) is 0 Å². The Morgan fingerprint density at radius 3 is 2.60 bits per heavy atom.